The van der Waals surface area contributed by atoms with E-state index in [1.165, 1.54) is 18.4 Å². The molecule has 1 saturated heterocycles. The summed E-state index contributed by atoms with van der Waals surface area (Å²) in [6, 6.07) is 3.66. The lowest BCUT2D eigenvalue weighted by molar-refractivity contribution is -0.146. The molecule has 1 aromatic rings. The van der Waals surface area contributed by atoms with Crippen molar-refractivity contribution in [2.24, 2.45) is 23.2 Å². The number of fused-ring (bicyclic) bond motifs is 2. The van der Waals surface area contributed by atoms with E-state index in [1.54, 1.807) is 6.26 Å². The summed E-state index contributed by atoms with van der Waals surface area (Å²) in [6.45, 7) is 8.34. The number of nitrogens with zero attached hydrogens (tertiary/aromatic N) is 1. The third-order valence-corrected chi connectivity index (χ3v) is 7.49. The zero-order valence-corrected chi connectivity index (χ0v) is 18.2. The molecule has 0 spiro atoms. The molecule has 6 nitrogen and oxygen atoms in total. The number of aliphatic hydroxyl groups excluding tert-OH is 1. The molecular weight excluding hydrogens is 382 g/mol. The highest BCUT2D eigenvalue weighted by Gasteiger charge is 2.55. The summed E-state index contributed by atoms with van der Waals surface area (Å²) in [7, 11) is 1.95. The first-order valence-electron chi connectivity index (χ1n) is 11.2. The van der Waals surface area contributed by atoms with Crippen LogP contribution in [0.1, 0.15) is 44.8 Å². The summed E-state index contributed by atoms with van der Waals surface area (Å²) in [5.74, 6) is 1.28. The van der Waals surface area contributed by atoms with Gasteiger partial charge in [-0.3, -0.25) is 4.79 Å². The lowest BCUT2D eigenvalue weighted by Gasteiger charge is -2.50. The Balaban J connectivity index is 1.29. The molecule has 1 aromatic heterocycles. The van der Waals surface area contributed by atoms with Crippen molar-refractivity contribution in [3.63, 3.8) is 0 Å². The molecule has 6 atom stereocenters. The summed E-state index contributed by atoms with van der Waals surface area (Å²) in [5, 5.41) is 10.3. The van der Waals surface area contributed by atoms with Crippen LogP contribution < -0.4 is 0 Å². The number of carbonyl (C=O) groups is 1. The Labute approximate surface area is 179 Å². The second kappa shape index (κ2) is 8.85. The zero-order chi connectivity index (χ0) is 21.3. The number of esters is 1. The standard InChI is InChI=1S/C24H35NO5/c1-16-6-4-8-24(2)11-22-19(10-21(16)24)20(23(27)30-22)13-25(3)12-17(26)14-28-15-18-7-5-9-29-18/h5,7,9,17,19-22,26H,1,4,6,8,10-15H2,2-3H3. The summed E-state index contributed by atoms with van der Waals surface area (Å²) in [4.78, 5) is 14.7. The van der Waals surface area contributed by atoms with Crippen LogP contribution in [0.15, 0.2) is 35.0 Å². The molecule has 6 heteroatoms. The van der Waals surface area contributed by atoms with Crippen molar-refractivity contribution in [1.82, 2.24) is 4.90 Å². The van der Waals surface area contributed by atoms with Crippen LogP contribution >= 0.6 is 0 Å². The van der Waals surface area contributed by atoms with Crippen LogP contribution in [-0.4, -0.2) is 54.9 Å². The molecule has 166 valence electrons. The minimum absolute atomic E-state index is 0.0320. The molecule has 6 unspecified atom stereocenters. The van der Waals surface area contributed by atoms with Gasteiger partial charge in [0.05, 0.1) is 24.9 Å². The van der Waals surface area contributed by atoms with Gasteiger partial charge in [-0.05, 0) is 62.6 Å². The van der Waals surface area contributed by atoms with Gasteiger partial charge in [0, 0.05) is 19.0 Å². The van der Waals surface area contributed by atoms with E-state index in [2.05, 4.69) is 13.5 Å². The van der Waals surface area contributed by atoms with Crippen LogP contribution in [0.2, 0.25) is 0 Å². The number of allylic oxidation sites excluding steroid dienone is 1. The highest BCUT2D eigenvalue weighted by molar-refractivity contribution is 5.75. The van der Waals surface area contributed by atoms with Gasteiger partial charge in [-0.1, -0.05) is 19.1 Å². The molecule has 30 heavy (non-hydrogen) atoms. The molecule has 4 rings (SSSR count). The second-order valence-electron chi connectivity index (χ2n) is 9.87. The molecule has 0 radical (unpaired) electrons. The Kier molecular flexibility index (Phi) is 6.37. The summed E-state index contributed by atoms with van der Waals surface area (Å²) < 4.78 is 16.6. The molecule has 0 bridgehead atoms. The van der Waals surface area contributed by atoms with Gasteiger partial charge in [-0.25, -0.2) is 0 Å². The third kappa shape index (κ3) is 4.51. The number of ether oxygens (including phenoxy) is 2. The summed E-state index contributed by atoms with van der Waals surface area (Å²) >= 11 is 0. The van der Waals surface area contributed by atoms with Gasteiger partial charge in [0.15, 0.2) is 0 Å². The molecule has 2 saturated carbocycles. The van der Waals surface area contributed by atoms with Gasteiger partial charge in [0.25, 0.3) is 0 Å². The maximum absolute atomic E-state index is 12.7. The van der Waals surface area contributed by atoms with Gasteiger partial charge in [0.1, 0.15) is 18.5 Å². The van der Waals surface area contributed by atoms with Crippen molar-refractivity contribution >= 4 is 5.97 Å². The zero-order valence-electron chi connectivity index (χ0n) is 18.2. The maximum atomic E-state index is 12.7. The average molecular weight is 418 g/mol. The third-order valence-electron chi connectivity index (χ3n) is 7.49. The van der Waals surface area contributed by atoms with Crippen molar-refractivity contribution < 1.29 is 23.8 Å². The Bertz CT molecular complexity index is 747. The van der Waals surface area contributed by atoms with E-state index in [9.17, 15) is 9.90 Å². The Morgan fingerprint density at radius 2 is 2.30 bits per heavy atom. The number of carbonyl (C=O) groups excluding carboxylic acids is 1. The lowest BCUT2D eigenvalue weighted by atomic mass is 9.55. The number of aliphatic hydroxyl groups is 1. The topological polar surface area (TPSA) is 72.1 Å². The smallest absolute Gasteiger partial charge is 0.310 e. The number of furan rings is 1. The van der Waals surface area contributed by atoms with Gasteiger partial charge in [-0.15, -0.1) is 0 Å². The molecule has 1 N–H and O–H groups in total. The van der Waals surface area contributed by atoms with E-state index in [4.69, 9.17) is 13.9 Å². The Morgan fingerprint density at radius 3 is 3.07 bits per heavy atom. The number of rotatable bonds is 8. The summed E-state index contributed by atoms with van der Waals surface area (Å²) in [5.41, 5.74) is 1.58. The van der Waals surface area contributed by atoms with Gasteiger partial charge >= 0.3 is 5.97 Å². The molecule has 0 aromatic carbocycles. The van der Waals surface area contributed by atoms with Crippen molar-refractivity contribution in [1.29, 1.82) is 0 Å². The van der Waals surface area contributed by atoms with Crippen molar-refractivity contribution in [2.75, 3.05) is 26.7 Å². The fraction of sp³-hybridized carbons (Fsp3) is 0.708. The molecule has 0 amide bonds. The molecule has 3 fully saturated rings. The van der Waals surface area contributed by atoms with Gasteiger partial charge < -0.3 is 23.9 Å². The number of hydrogen-bond acceptors (Lipinski definition) is 6. The normalized spacial score (nSPS) is 34.5. The average Bonchev–Trinajstić information content (AvgIpc) is 3.28. The van der Waals surface area contributed by atoms with E-state index in [-0.39, 0.29) is 35.9 Å². The first kappa shape index (κ1) is 21.6. The first-order chi connectivity index (χ1) is 14.4. The predicted molar refractivity (Wildman–Crippen MR) is 113 cm³/mol. The minimum atomic E-state index is -0.619. The van der Waals surface area contributed by atoms with Crippen LogP contribution in [0, 0.1) is 23.2 Å². The molecular formula is C24H35NO5. The van der Waals surface area contributed by atoms with Crippen molar-refractivity contribution in [3.05, 3.63) is 36.3 Å². The molecule has 2 aliphatic carbocycles. The lowest BCUT2D eigenvalue weighted by Crippen LogP contribution is -2.46. The fourth-order valence-electron chi connectivity index (χ4n) is 5.98. The van der Waals surface area contributed by atoms with Crippen LogP contribution in [0.5, 0.6) is 0 Å². The van der Waals surface area contributed by atoms with E-state index in [0.29, 0.717) is 25.6 Å². The predicted octanol–water partition coefficient (Wildman–Crippen LogP) is 3.40. The van der Waals surface area contributed by atoms with Gasteiger partial charge in [0.2, 0.25) is 0 Å². The highest BCUT2D eigenvalue weighted by atomic mass is 16.6. The molecule has 3 aliphatic rings. The quantitative estimate of drug-likeness (QED) is 0.516. The van der Waals surface area contributed by atoms with Crippen LogP contribution in [0.25, 0.3) is 0 Å². The van der Waals surface area contributed by atoms with Crippen LogP contribution in [0.4, 0.5) is 0 Å². The van der Waals surface area contributed by atoms with E-state index in [1.807, 2.05) is 24.1 Å². The molecule has 1 aliphatic heterocycles. The van der Waals surface area contributed by atoms with Crippen molar-refractivity contribution in [2.45, 2.75) is 57.8 Å². The van der Waals surface area contributed by atoms with Crippen LogP contribution in [-0.2, 0) is 20.9 Å². The second-order valence-corrected chi connectivity index (χ2v) is 9.87. The monoisotopic (exact) mass is 417 g/mol. The largest absolute Gasteiger partial charge is 0.467 e. The maximum Gasteiger partial charge on any atom is 0.310 e. The SMILES string of the molecule is C=C1CCCC2(C)CC3OC(=O)C(CN(C)CC(O)COCc4ccco4)C3CC12. The number of likely N-dealkylation sites (N-methyl/N-ethyl adjacent to an activating group) is 1. The highest BCUT2D eigenvalue weighted by Crippen LogP contribution is 2.56. The Hall–Kier alpha value is -1.63. The summed E-state index contributed by atoms with van der Waals surface area (Å²) in [6.07, 6.45) is 6.48. The molecule has 2 heterocycles. The van der Waals surface area contributed by atoms with E-state index >= 15 is 0 Å². The van der Waals surface area contributed by atoms with Crippen LogP contribution in [0.3, 0.4) is 0 Å². The van der Waals surface area contributed by atoms with E-state index < -0.39 is 6.10 Å². The van der Waals surface area contributed by atoms with Crippen molar-refractivity contribution in [3.8, 4) is 0 Å². The van der Waals surface area contributed by atoms with Gasteiger partial charge in [-0.2, -0.15) is 0 Å². The first-order valence-corrected chi connectivity index (χ1v) is 11.2. The van der Waals surface area contributed by atoms with E-state index in [0.717, 1.165) is 25.0 Å². The fourth-order valence-corrected chi connectivity index (χ4v) is 5.98. The Morgan fingerprint density at radius 1 is 1.47 bits per heavy atom. The number of hydrogen-bond donors (Lipinski definition) is 1. The minimum Gasteiger partial charge on any atom is -0.467 e.